The number of aryl methyl sites for hydroxylation is 3. The standard InChI is InChI=1S/C30H37N5O4/c1-6-37-26-16-22(12-13-25(26)38-17-23-15-19(3)18(2)14-20(23)4)28-27(21(5)31-30-32-33-34-35(28)30)29(36)39-24-10-8-7-9-11-24/h12-16,24,28H,6-11,17H2,1-5H3,(H,31,32,34). The fourth-order valence-corrected chi connectivity index (χ4v) is 5.40. The summed E-state index contributed by atoms with van der Waals surface area (Å²) in [6, 6.07) is 9.53. The van der Waals surface area contributed by atoms with Gasteiger partial charge in [0.2, 0.25) is 5.95 Å². The second-order valence-corrected chi connectivity index (χ2v) is 10.5. The zero-order valence-electron chi connectivity index (χ0n) is 23.4. The maximum absolute atomic E-state index is 13.6. The molecule has 2 aromatic carbocycles. The first-order valence-electron chi connectivity index (χ1n) is 13.8. The third-order valence-electron chi connectivity index (χ3n) is 7.68. The largest absolute Gasteiger partial charge is 0.490 e. The number of nitrogens with one attached hydrogen (secondary N) is 1. The molecule has 0 amide bonds. The molecular formula is C30H37N5O4. The summed E-state index contributed by atoms with van der Waals surface area (Å²) in [7, 11) is 0. The van der Waals surface area contributed by atoms with Crippen molar-refractivity contribution >= 4 is 11.9 Å². The van der Waals surface area contributed by atoms with Crippen molar-refractivity contribution in [1.29, 1.82) is 0 Å². The number of nitrogens with zero attached hydrogens (tertiary/aromatic N) is 4. The van der Waals surface area contributed by atoms with E-state index in [0.717, 1.165) is 36.8 Å². The van der Waals surface area contributed by atoms with Gasteiger partial charge in [0.15, 0.2) is 11.5 Å². The molecule has 206 valence electrons. The van der Waals surface area contributed by atoms with Crippen molar-refractivity contribution < 1.29 is 19.0 Å². The molecule has 2 aliphatic rings. The second-order valence-electron chi connectivity index (χ2n) is 10.5. The Bertz CT molecular complexity index is 1390. The molecule has 9 nitrogen and oxygen atoms in total. The Morgan fingerprint density at radius 2 is 1.74 bits per heavy atom. The summed E-state index contributed by atoms with van der Waals surface area (Å²) < 4.78 is 19.9. The number of allylic oxidation sites excluding steroid dienone is 1. The van der Waals surface area contributed by atoms with Gasteiger partial charge in [-0.05, 0) is 111 Å². The molecule has 3 aromatic rings. The summed E-state index contributed by atoms with van der Waals surface area (Å²) in [5.41, 5.74) is 6.79. The van der Waals surface area contributed by atoms with E-state index < -0.39 is 6.04 Å². The number of tetrazole rings is 1. The van der Waals surface area contributed by atoms with Crippen molar-refractivity contribution in [2.75, 3.05) is 11.9 Å². The van der Waals surface area contributed by atoms with Gasteiger partial charge in [-0.1, -0.05) is 29.7 Å². The van der Waals surface area contributed by atoms with Gasteiger partial charge >= 0.3 is 5.97 Å². The number of carbonyl (C=O) groups is 1. The average molecular weight is 532 g/mol. The van der Waals surface area contributed by atoms with Crippen LogP contribution >= 0.6 is 0 Å². The lowest BCUT2D eigenvalue weighted by atomic mass is 9.94. The van der Waals surface area contributed by atoms with Crippen molar-refractivity contribution in [3.8, 4) is 11.5 Å². The second kappa shape index (κ2) is 11.5. The van der Waals surface area contributed by atoms with E-state index in [1.807, 2.05) is 32.0 Å². The number of rotatable bonds is 8. The molecule has 0 spiro atoms. The summed E-state index contributed by atoms with van der Waals surface area (Å²) in [5, 5.41) is 15.3. The van der Waals surface area contributed by atoms with Crippen LogP contribution in [0.2, 0.25) is 0 Å². The Morgan fingerprint density at radius 3 is 2.51 bits per heavy atom. The van der Waals surface area contributed by atoms with Crippen LogP contribution in [0.1, 0.15) is 79.8 Å². The van der Waals surface area contributed by atoms with Crippen LogP contribution in [0.15, 0.2) is 41.6 Å². The molecule has 1 atom stereocenters. The van der Waals surface area contributed by atoms with Crippen LogP contribution < -0.4 is 14.8 Å². The number of anilines is 1. The van der Waals surface area contributed by atoms with Crippen LogP contribution in [0.4, 0.5) is 5.95 Å². The van der Waals surface area contributed by atoms with Crippen molar-refractivity contribution in [2.45, 2.75) is 85.5 Å². The Kier molecular flexibility index (Phi) is 7.86. The Balaban J connectivity index is 1.46. The van der Waals surface area contributed by atoms with Crippen LogP contribution in [0.5, 0.6) is 11.5 Å². The minimum atomic E-state index is -0.567. The minimum absolute atomic E-state index is 0.0638. The Labute approximate surface area is 229 Å². The maximum atomic E-state index is 13.6. The van der Waals surface area contributed by atoms with Crippen LogP contribution in [0.3, 0.4) is 0 Å². The number of hydrogen-bond acceptors (Lipinski definition) is 8. The van der Waals surface area contributed by atoms with Gasteiger partial charge in [-0.25, -0.2) is 4.79 Å². The van der Waals surface area contributed by atoms with Gasteiger partial charge < -0.3 is 19.5 Å². The number of carbonyl (C=O) groups excluding carboxylic acids is 1. The average Bonchev–Trinajstić information content (AvgIpc) is 3.38. The van der Waals surface area contributed by atoms with Crippen LogP contribution in [-0.2, 0) is 16.1 Å². The molecule has 0 saturated heterocycles. The van der Waals surface area contributed by atoms with Crippen molar-refractivity contribution in [1.82, 2.24) is 20.2 Å². The predicted octanol–water partition coefficient (Wildman–Crippen LogP) is 5.74. The normalized spacial score (nSPS) is 17.4. The van der Waals surface area contributed by atoms with Gasteiger partial charge in [-0.15, -0.1) is 0 Å². The monoisotopic (exact) mass is 531 g/mol. The number of hydrogen-bond donors (Lipinski definition) is 1. The SMILES string of the molecule is CCOc1cc(C2C(C(=O)OC3CCCCC3)=C(C)Nc3nnnn32)ccc1OCc1cc(C)c(C)cc1C. The maximum Gasteiger partial charge on any atom is 0.338 e. The van der Waals surface area contributed by atoms with Crippen LogP contribution in [-0.4, -0.2) is 38.9 Å². The molecule has 1 unspecified atom stereocenters. The molecular weight excluding hydrogens is 494 g/mol. The number of aromatic nitrogens is 4. The lowest BCUT2D eigenvalue weighted by Gasteiger charge is -2.30. The van der Waals surface area contributed by atoms with Gasteiger partial charge in [0.1, 0.15) is 18.8 Å². The summed E-state index contributed by atoms with van der Waals surface area (Å²) in [4.78, 5) is 13.6. The minimum Gasteiger partial charge on any atom is -0.490 e. The van der Waals surface area contributed by atoms with E-state index in [2.05, 4.69) is 53.7 Å². The third kappa shape index (κ3) is 5.62. The van der Waals surface area contributed by atoms with Crippen LogP contribution in [0, 0.1) is 20.8 Å². The summed E-state index contributed by atoms with van der Waals surface area (Å²) >= 11 is 0. The van der Waals surface area contributed by atoms with Crippen molar-refractivity contribution in [3.05, 3.63) is 69.4 Å². The molecule has 0 radical (unpaired) electrons. The van der Waals surface area contributed by atoms with Crippen LogP contribution in [0.25, 0.3) is 0 Å². The zero-order valence-corrected chi connectivity index (χ0v) is 23.4. The third-order valence-corrected chi connectivity index (χ3v) is 7.68. The molecule has 39 heavy (non-hydrogen) atoms. The van der Waals surface area contributed by atoms with Gasteiger partial charge in [-0.3, -0.25) is 0 Å². The van der Waals surface area contributed by atoms with E-state index in [1.54, 1.807) is 4.68 Å². The molecule has 1 aromatic heterocycles. The molecule has 9 heteroatoms. The number of esters is 1. The summed E-state index contributed by atoms with van der Waals surface area (Å²) in [6.45, 7) is 11.0. The molecule has 1 aliphatic carbocycles. The fourth-order valence-electron chi connectivity index (χ4n) is 5.40. The first kappa shape index (κ1) is 26.7. The molecule has 2 heterocycles. The highest BCUT2D eigenvalue weighted by molar-refractivity contribution is 5.92. The van der Waals surface area contributed by atoms with Gasteiger partial charge in [0.05, 0.1) is 12.2 Å². The number of fused-ring (bicyclic) bond motifs is 1. The van der Waals surface area contributed by atoms with E-state index in [1.165, 1.54) is 23.1 Å². The fraction of sp³-hybridized carbons (Fsp3) is 0.467. The quantitative estimate of drug-likeness (QED) is 0.367. The van der Waals surface area contributed by atoms with Crippen molar-refractivity contribution in [2.24, 2.45) is 0 Å². The summed E-state index contributed by atoms with van der Waals surface area (Å²) in [6.07, 6.45) is 5.07. The Hall–Kier alpha value is -3.88. The van der Waals surface area contributed by atoms with E-state index >= 15 is 0 Å². The highest BCUT2D eigenvalue weighted by atomic mass is 16.5. The molecule has 1 fully saturated rings. The molecule has 0 bridgehead atoms. The van der Waals surface area contributed by atoms with E-state index in [-0.39, 0.29) is 12.1 Å². The van der Waals surface area contributed by atoms with Gasteiger partial charge in [0.25, 0.3) is 0 Å². The molecule has 5 rings (SSSR count). The Morgan fingerprint density at radius 1 is 0.974 bits per heavy atom. The molecule has 1 N–H and O–H groups in total. The van der Waals surface area contributed by atoms with Gasteiger partial charge in [-0.2, -0.15) is 4.68 Å². The lowest BCUT2D eigenvalue weighted by Crippen LogP contribution is -2.32. The van der Waals surface area contributed by atoms with E-state index in [9.17, 15) is 4.79 Å². The smallest absolute Gasteiger partial charge is 0.338 e. The first-order chi connectivity index (χ1) is 18.9. The van der Waals surface area contributed by atoms with E-state index in [0.29, 0.717) is 41.9 Å². The van der Waals surface area contributed by atoms with E-state index in [4.69, 9.17) is 14.2 Å². The molecule has 1 saturated carbocycles. The summed E-state index contributed by atoms with van der Waals surface area (Å²) in [5.74, 6) is 1.36. The topological polar surface area (TPSA) is 100 Å². The number of ether oxygens (including phenoxy) is 3. The highest BCUT2D eigenvalue weighted by Gasteiger charge is 2.36. The predicted molar refractivity (Wildman–Crippen MR) is 148 cm³/mol. The molecule has 1 aliphatic heterocycles. The van der Waals surface area contributed by atoms with Gasteiger partial charge in [0, 0.05) is 5.70 Å². The zero-order chi connectivity index (χ0) is 27.5. The number of benzene rings is 2. The van der Waals surface area contributed by atoms with Crippen molar-refractivity contribution in [3.63, 3.8) is 0 Å². The lowest BCUT2D eigenvalue weighted by molar-refractivity contribution is -0.146. The highest BCUT2D eigenvalue weighted by Crippen LogP contribution is 2.39. The first-order valence-corrected chi connectivity index (χ1v) is 13.8.